The van der Waals surface area contributed by atoms with Gasteiger partial charge in [-0.2, -0.15) is 13.2 Å². The lowest BCUT2D eigenvalue weighted by Gasteiger charge is -2.23. The number of allylic oxidation sites excluding steroid dienone is 5. The van der Waals surface area contributed by atoms with Crippen molar-refractivity contribution in [3.8, 4) is 0 Å². The van der Waals surface area contributed by atoms with Gasteiger partial charge in [0, 0.05) is 13.0 Å². The van der Waals surface area contributed by atoms with Crippen LogP contribution >= 0.6 is 0 Å². The van der Waals surface area contributed by atoms with Crippen molar-refractivity contribution >= 4 is 5.69 Å². The van der Waals surface area contributed by atoms with Gasteiger partial charge in [-0.15, -0.1) is 0 Å². The summed E-state index contributed by atoms with van der Waals surface area (Å²) in [7, 11) is 1.48. The fourth-order valence-corrected chi connectivity index (χ4v) is 2.91. The predicted octanol–water partition coefficient (Wildman–Crippen LogP) is 5.53. The Morgan fingerprint density at radius 2 is 1.80 bits per heavy atom. The molecule has 2 N–H and O–H groups in total. The predicted molar refractivity (Wildman–Crippen MR) is 116 cm³/mol. The molecule has 4 nitrogen and oxygen atoms in total. The molecule has 1 atom stereocenters. The molecule has 1 unspecified atom stereocenters. The molecule has 0 saturated carbocycles. The number of aliphatic hydroxyl groups is 1. The summed E-state index contributed by atoms with van der Waals surface area (Å²) in [6.45, 7) is 5.87. The van der Waals surface area contributed by atoms with Gasteiger partial charge in [0.1, 0.15) is 0 Å². The van der Waals surface area contributed by atoms with Crippen molar-refractivity contribution in [2.45, 2.75) is 51.8 Å². The van der Waals surface area contributed by atoms with E-state index in [9.17, 15) is 13.2 Å². The number of halogens is 3. The molecule has 1 aromatic carbocycles. The molecule has 0 aromatic heterocycles. The Hall–Kier alpha value is -2.09. The van der Waals surface area contributed by atoms with Crippen molar-refractivity contribution in [3.63, 3.8) is 0 Å². The normalized spacial score (nSPS) is 19.0. The van der Waals surface area contributed by atoms with Crippen molar-refractivity contribution in [2.24, 2.45) is 0 Å². The molecule has 1 aromatic rings. The minimum atomic E-state index is -4.34. The molecule has 168 valence electrons. The maximum absolute atomic E-state index is 12.7. The van der Waals surface area contributed by atoms with Crippen LogP contribution in [0.4, 0.5) is 18.9 Å². The van der Waals surface area contributed by atoms with Crippen LogP contribution in [0.1, 0.15) is 39.5 Å². The first kappa shape index (κ1) is 25.9. The molecule has 1 saturated heterocycles. The van der Waals surface area contributed by atoms with Crippen LogP contribution in [-0.2, 0) is 4.84 Å². The van der Waals surface area contributed by atoms with E-state index in [0.29, 0.717) is 12.1 Å². The molecular weight excluding hydrogens is 393 g/mol. The third-order valence-corrected chi connectivity index (χ3v) is 4.36. The average Bonchev–Trinajstić information content (AvgIpc) is 3.14. The quantitative estimate of drug-likeness (QED) is 0.624. The topological polar surface area (TPSA) is 44.7 Å². The maximum atomic E-state index is 12.7. The molecule has 30 heavy (non-hydrogen) atoms. The van der Waals surface area contributed by atoms with E-state index < -0.39 is 11.7 Å². The van der Waals surface area contributed by atoms with Gasteiger partial charge in [0.15, 0.2) is 0 Å². The highest BCUT2D eigenvalue weighted by atomic mass is 19.4. The number of rotatable bonds is 3. The number of hydroxylamine groups is 1. The zero-order valence-corrected chi connectivity index (χ0v) is 18.0. The van der Waals surface area contributed by atoms with Crippen LogP contribution in [0.15, 0.2) is 65.9 Å². The molecule has 0 radical (unpaired) electrons. The second-order valence-corrected chi connectivity index (χ2v) is 6.55. The Bertz CT molecular complexity index is 677. The van der Waals surface area contributed by atoms with Crippen molar-refractivity contribution in [2.75, 3.05) is 25.3 Å². The maximum Gasteiger partial charge on any atom is 0.416 e. The van der Waals surface area contributed by atoms with Crippen molar-refractivity contribution in [3.05, 3.63) is 65.9 Å². The van der Waals surface area contributed by atoms with E-state index >= 15 is 0 Å². The lowest BCUT2D eigenvalue weighted by Crippen LogP contribution is -2.23. The molecule has 1 heterocycles. The lowest BCUT2D eigenvalue weighted by atomic mass is 10.2. The first-order valence-corrected chi connectivity index (χ1v) is 10.3. The summed E-state index contributed by atoms with van der Waals surface area (Å²) in [5.41, 5.74) is 0.726. The number of benzene rings is 1. The number of anilines is 1. The second-order valence-electron chi connectivity index (χ2n) is 6.55. The molecule has 7 heteroatoms. The third-order valence-electron chi connectivity index (χ3n) is 4.36. The molecule has 1 fully saturated rings. The highest BCUT2D eigenvalue weighted by Gasteiger charge is 2.31. The average molecular weight is 427 g/mol. The molecule has 2 aliphatic rings. The summed E-state index contributed by atoms with van der Waals surface area (Å²) in [5, 5.41) is 13.7. The summed E-state index contributed by atoms with van der Waals surface area (Å²) >= 11 is 0. The van der Waals surface area contributed by atoms with E-state index in [-0.39, 0.29) is 6.10 Å². The van der Waals surface area contributed by atoms with Crippen LogP contribution in [0.5, 0.6) is 0 Å². The second kappa shape index (κ2) is 14.0. The van der Waals surface area contributed by atoms with Crippen LogP contribution in [0.25, 0.3) is 0 Å². The zero-order valence-electron chi connectivity index (χ0n) is 18.0. The number of para-hydroxylation sites is 1. The summed E-state index contributed by atoms with van der Waals surface area (Å²) in [6.07, 6.45) is 4.37. The summed E-state index contributed by atoms with van der Waals surface area (Å²) in [6, 6.07) is 9.19. The van der Waals surface area contributed by atoms with E-state index in [1.165, 1.54) is 37.2 Å². The van der Waals surface area contributed by atoms with Crippen molar-refractivity contribution in [1.29, 1.82) is 0 Å². The fraction of sp³-hybridized carbons (Fsp3) is 0.478. The van der Waals surface area contributed by atoms with Gasteiger partial charge in [0.25, 0.3) is 0 Å². The number of hydrogen-bond donors (Lipinski definition) is 2. The Labute approximate surface area is 177 Å². The monoisotopic (exact) mass is 426 g/mol. The molecule has 0 bridgehead atoms. The lowest BCUT2D eigenvalue weighted by molar-refractivity contribution is -0.0881. The van der Waals surface area contributed by atoms with Gasteiger partial charge >= 0.3 is 6.18 Å². The van der Waals surface area contributed by atoms with E-state index in [4.69, 9.17) is 9.94 Å². The third kappa shape index (κ3) is 9.15. The minimum Gasteiger partial charge on any atom is -0.392 e. The molecule has 3 rings (SSSR count). The molecule has 0 spiro atoms. The number of hydrogen-bond acceptors (Lipinski definition) is 4. The van der Waals surface area contributed by atoms with Crippen molar-refractivity contribution < 1.29 is 23.1 Å². The van der Waals surface area contributed by atoms with E-state index in [1.807, 2.05) is 44.2 Å². The molecule has 1 aliphatic heterocycles. The van der Waals surface area contributed by atoms with E-state index in [1.54, 1.807) is 0 Å². The largest absolute Gasteiger partial charge is 0.416 e. The highest BCUT2D eigenvalue weighted by Crippen LogP contribution is 2.30. The van der Waals surface area contributed by atoms with Crippen molar-refractivity contribution in [1.82, 2.24) is 5.32 Å². The number of nitrogens with zero attached hydrogens (tertiary/aromatic N) is 1. The summed E-state index contributed by atoms with van der Waals surface area (Å²) < 4.78 is 38.0. The number of alkyl halides is 3. The first-order valence-electron chi connectivity index (χ1n) is 10.3. The molecule has 0 amide bonds. The molecule has 1 aliphatic carbocycles. The van der Waals surface area contributed by atoms with Crippen LogP contribution in [0.2, 0.25) is 0 Å². The number of aliphatic hydroxyl groups excluding tert-OH is 1. The van der Waals surface area contributed by atoms with Crippen LogP contribution in [0.3, 0.4) is 0 Å². The SMILES string of the molecule is CC.CON(C1=CC=C(C(F)(F)F)C=CC1)c1ccccc1.OC1CCCCNC1. The van der Waals surface area contributed by atoms with Gasteiger partial charge in [-0.1, -0.05) is 44.2 Å². The van der Waals surface area contributed by atoms with Gasteiger partial charge in [-0.3, -0.25) is 4.84 Å². The number of nitrogens with one attached hydrogen (secondary N) is 1. The standard InChI is InChI=1S/C15H14F3NO.C6H13NO.C2H6/c1-20-19(13-7-3-2-4-8-13)14-9-5-6-12(10-11-14)15(16,17)18;8-6-3-1-2-4-7-5-6;1-2/h2-8,10-11H,9H2,1H3;6-8H,1-5H2;1-2H3. The van der Waals surface area contributed by atoms with E-state index in [0.717, 1.165) is 37.3 Å². The van der Waals surface area contributed by atoms with Crippen LogP contribution < -0.4 is 10.4 Å². The van der Waals surface area contributed by atoms with Gasteiger partial charge in [0.2, 0.25) is 0 Å². The summed E-state index contributed by atoms with van der Waals surface area (Å²) in [4.78, 5) is 5.27. The van der Waals surface area contributed by atoms with Crippen LogP contribution in [0, 0.1) is 0 Å². The zero-order chi connectivity index (χ0) is 22.4. The Morgan fingerprint density at radius 3 is 2.43 bits per heavy atom. The Morgan fingerprint density at radius 1 is 1.10 bits per heavy atom. The van der Waals surface area contributed by atoms with Crippen LogP contribution in [-0.4, -0.2) is 37.6 Å². The smallest absolute Gasteiger partial charge is 0.392 e. The Balaban J connectivity index is 0.000000375. The van der Waals surface area contributed by atoms with Gasteiger partial charge in [0.05, 0.1) is 30.2 Å². The fourth-order valence-electron chi connectivity index (χ4n) is 2.91. The van der Waals surface area contributed by atoms with Gasteiger partial charge < -0.3 is 10.4 Å². The highest BCUT2D eigenvalue weighted by molar-refractivity contribution is 5.51. The molecular formula is C23H33F3N2O2. The minimum absolute atomic E-state index is 0.0856. The first-order chi connectivity index (χ1) is 14.4. The Kier molecular flexibility index (Phi) is 12.1. The van der Waals surface area contributed by atoms with Gasteiger partial charge in [-0.25, -0.2) is 5.06 Å². The van der Waals surface area contributed by atoms with E-state index in [2.05, 4.69) is 5.32 Å². The number of β-amino-alcohol motifs (C(OH)–C–C–N with tert-alkyl or cyclic N) is 1. The summed E-state index contributed by atoms with van der Waals surface area (Å²) in [5.74, 6) is 0. The van der Waals surface area contributed by atoms with Gasteiger partial charge in [-0.05, 0) is 50.1 Å².